The monoisotopic (exact) mass is 380 g/mol. The number of rotatable bonds is 1. The average Bonchev–Trinajstić information content (AvgIpc) is 2.60. The highest BCUT2D eigenvalue weighted by Crippen LogP contribution is 2.57. The van der Waals surface area contributed by atoms with Crippen LogP contribution in [-0.4, -0.2) is 5.78 Å². The van der Waals surface area contributed by atoms with Gasteiger partial charge in [0.05, 0.1) is 0 Å². The molecule has 0 N–H and O–H groups in total. The largest absolute Gasteiger partial charge is 0.452 e. The van der Waals surface area contributed by atoms with E-state index in [1.807, 2.05) is 42.5 Å². The topological polar surface area (TPSA) is 35.5 Å². The number of Topliss-reactive ketones (excluding diaryl/α,β-unsaturated/α-hetero) is 1. The molecule has 0 unspecified atom stereocenters. The summed E-state index contributed by atoms with van der Waals surface area (Å²) in [6.07, 6.45) is 1.89. The quantitative estimate of drug-likeness (QED) is 0.633. The van der Waals surface area contributed by atoms with Crippen LogP contribution < -0.4 is 4.74 Å². The molecule has 0 amide bonds. The second-order valence-electron chi connectivity index (χ2n) is 8.54. The molecular formula is C23H21ClO3. The van der Waals surface area contributed by atoms with Crippen molar-refractivity contribution in [3.05, 3.63) is 76.0 Å². The Balaban J connectivity index is 1.72. The number of para-hydroxylation sites is 1. The van der Waals surface area contributed by atoms with E-state index in [4.69, 9.17) is 21.1 Å². The van der Waals surface area contributed by atoms with Gasteiger partial charge in [0.15, 0.2) is 5.78 Å². The van der Waals surface area contributed by atoms with Crippen LogP contribution >= 0.6 is 11.6 Å². The SMILES string of the molecule is CC1(C)CC(=O)C2=C(C1)O[C@]1(c3ccc(Cl)cc3)C[C@H]2c2ccccc2O1. The maximum atomic E-state index is 13.0. The second-order valence-corrected chi connectivity index (χ2v) is 8.97. The van der Waals surface area contributed by atoms with E-state index in [2.05, 4.69) is 19.9 Å². The van der Waals surface area contributed by atoms with E-state index in [1.54, 1.807) is 0 Å². The highest BCUT2D eigenvalue weighted by Gasteiger charge is 2.53. The average molecular weight is 381 g/mol. The Morgan fingerprint density at radius 3 is 2.52 bits per heavy atom. The van der Waals surface area contributed by atoms with Gasteiger partial charge in [0.2, 0.25) is 0 Å². The third-order valence-corrected chi connectivity index (χ3v) is 6.09. The normalized spacial score (nSPS) is 28.0. The molecule has 4 heteroatoms. The Labute approximate surface area is 163 Å². The van der Waals surface area contributed by atoms with Crippen molar-refractivity contribution in [1.29, 1.82) is 0 Å². The lowest BCUT2D eigenvalue weighted by molar-refractivity contribution is -0.195. The molecule has 2 bridgehead atoms. The van der Waals surface area contributed by atoms with Crippen LogP contribution in [-0.2, 0) is 15.3 Å². The first-order valence-corrected chi connectivity index (χ1v) is 9.74. The minimum atomic E-state index is -0.920. The van der Waals surface area contributed by atoms with E-state index in [0.29, 0.717) is 17.9 Å². The fourth-order valence-corrected chi connectivity index (χ4v) is 4.80. The predicted octanol–water partition coefficient (Wildman–Crippen LogP) is 5.73. The molecule has 2 aromatic carbocycles. The molecule has 0 spiro atoms. The minimum Gasteiger partial charge on any atom is -0.452 e. The summed E-state index contributed by atoms with van der Waals surface area (Å²) in [4.78, 5) is 13.0. The molecule has 3 nitrogen and oxygen atoms in total. The van der Waals surface area contributed by atoms with Crippen LogP contribution in [0.4, 0.5) is 0 Å². The number of allylic oxidation sites excluding steroid dienone is 2. The first-order chi connectivity index (χ1) is 12.9. The van der Waals surface area contributed by atoms with Gasteiger partial charge in [0, 0.05) is 46.9 Å². The smallest absolute Gasteiger partial charge is 0.278 e. The Hall–Kier alpha value is -2.26. The summed E-state index contributed by atoms with van der Waals surface area (Å²) < 4.78 is 13.0. The number of fused-ring (bicyclic) bond motifs is 5. The molecule has 2 aliphatic heterocycles. The second kappa shape index (κ2) is 5.62. The van der Waals surface area contributed by atoms with Crippen molar-refractivity contribution in [2.24, 2.45) is 5.41 Å². The maximum absolute atomic E-state index is 13.0. The lowest BCUT2D eigenvalue weighted by Gasteiger charge is -2.49. The molecule has 138 valence electrons. The van der Waals surface area contributed by atoms with Gasteiger partial charge in [-0.15, -0.1) is 0 Å². The van der Waals surface area contributed by atoms with Gasteiger partial charge in [-0.05, 0) is 35.7 Å². The van der Waals surface area contributed by atoms with Gasteiger partial charge in [0.1, 0.15) is 11.5 Å². The van der Waals surface area contributed by atoms with Crippen molar-refractivity contribution in [2.75, 3.05) is 0 Å². The summed E-state index contributed by atoms with van der Waals surface area (Å²) in [5, 5.41) is 0.674. The van der Waals surface area contributed by atoms with Gasteiger partial charge in [-0.3, -0.25) is 4.79 Å². The van der Waals surface area contributed by atoms with Crippen LogP contribution in [0.5, 0.6) is 5.75 Å². The molecule has 2 atom stereocenters. The highest BCUT2D eigenvalue weighted by atomic mass is 35.5. The number of hydrogen-bond donors (Lipinski definition) is 0. The van der Waals surface area contributed by atoms with Crippen LogP contribution in [0, 0.1) is 5.41 Å². The zero-order chi connectivity index (χ0) is 18.8. The molecule has 3 aliphatic rings. The maximum Gasteiger partial charge on any atom is 0.278 e. The lowest BCUT2D eigenvalue weighted by Crippen LogP contribution is -2.47. The minimum absolute atomic E-state index is 0.00187. The summed E-state index contributed by atoms with van der Waals surface area (Å²) in [5.74, 6) is 0.853. The molecule has 1 aliphatic carbocycles. The van der Waals surface area contributed by atoms with Gasteiger partial charge >= 0.3 is 0 Å². The Morgan fingerprint density at radius 1 is 1.00 bits per heavy atom. The molecule has 2 aromatic rings. The van der Waals surface area contributed by atoms with Gasteiger partial charge in [0.25, 0.3) is 5.79 Å². The molecule has 0 aromatic heterocycles. The molecular weight excluding hydrogens is 360 g/mol. The van der Waals surface area contributed by atoms with E-state index in [1.165, 1.54) is 0 Å². The number of halogens is 1. The highest BCUT2D eigenvalue weighted by molar-refractivity contribution is 6.30. The molecule has 0 radical (unpaired) electrons. The van der Waals surface area contributed by atoms with Gasteiger partial charge in [-0.1, -0.05) is 43.6 Å². The first kappa shape index (κ1) is 16.9. The summed E-state index contributed by atoms with van der Waals surface area (Å²) in [5.41, 5.74) is 2.73. The summed E-state index contributed by atoms with van der Waals surface area (Å²) >= 11 is 6.09. The van der Waals surface area contributed by atoms with Crippen molar-refractivity contribution < 1.29 is 14.3 Å². The molecule has 5 rings (SSSR count). The van der Waals surface area contributed by atoms with Gasteiger partial charge in [-0.25, -0.2) is 0 Å². The van der Waals surface area contributed by atoms with Crippen molar-refractivity contribution in [3.63, 3.8) is 0 Å². The zero-order valence-electron chi connectivity index (χ0n) is 15.4. The van der Waals surface area contributed by atoms with Crippen molar-refractivity contribution >= 4 is 17.4 Å². The fraction of sp³-hybridized carbons (Fsp3) is 0.348. The van der Waals surface area contributed by atoms with E-state index >= 15 is 0 Å². The van der Waals surface area contributed by atoms with E-state index in [9.17, 15) is 4.79 Å². The van der Waals surface area contributed by atoms with Crippen LogP contribution in [0.3, 0.4) is 0 Å². The summed E-state index contributed by atoms with van der Waals surface area (Å²) in [7, 11) is 0. The van der Waals surface area contributed by atoms with Crippen molar-refractivity contribution in [2.45, 2.75) is 44.8 Å². The number of carbonyl (C=O) groups excluding carboxylic acids is 1. The Kier molecular flexibility index (Phi) is 3.51. The number of ketones is 1. The third-order valence-electron chi connectivity index (χ3n) is 5.84. The number of carbonyl (C=O) groups is 1. The van der Waals surface area contributed by atoms with Crippen LogP contribution in [0.1, 0.15) is 50.2 Å². The first-order valence-electron chi connectivity index (χ1n) is 9.36. The Morgan fingerprint density at radius 2 is 1.74 bits per heavy atom. The van der Waals surface area contributed by atoms with Gasteiger partial charge in [-0.2, -0.15) is 0 Å². The molecule has 0 saturated carbocycles. The van der Waals surface area contributed by atoms with E-state index in [0.717, 1.165) is 34.6 Å². The van der Waals surface area contributed by atoms with Crippen LogP contribution in [0.25, 0.3) is 0 Å². The molecule has 27 heavy (non-hydrogen) atoms. The summed E-state index contributed by atoms with van der Waals surface area (Å²) in [6, 6.07) is 15.6. The lowest BCUT2D eigenvalue weighted by atomic mass is 9.68. The number of benzene rings is 2. The van der Waals surface area contributed by atoms with E-state index in [-0.39, 0.29) is 17.1 Å². The fourth-order valence-electron chi connectivity index (χ4n) is 4.68. The third kappa shape index (κ3) is 2.60. The molecule has 0 fully saturated rings. The predicted molar refractivity (Wildman–Crippen MR) is 104 cm³/mol. The standard InChI is InChI=1S/C23H21ClO3/c1-22(2)12-18(25)21-17-11-23(27-20(21)13-22,14-7-9-15(24)10-8-14)26-19-6-4-3-5-16(17)19/h3-10,17H,11-13H2,1-2H3/t17-,23-/m0/s1. The van der Waals surface area contributed by atoms with Crippen LogP contribution in [0.15, 0.2) is 59.9 Å². The number of ether oxygens (including phenoxy) is 2. The molecule has 0 saturated heterocycles. The van der Waals surface area contributed by atoms with Gasteiger partial charge < -0.3 is 9.47 Å². The summed E-state index contributed by atoms with van der Waals surface area (Å²) in [6.45, 7) is 4.23. The molecule has 2 heterocycles. The van der Waals surface area contributed by atoms with Crippen molar-refractivity contribution in [3.8, 4) is 5.75 Å². The number of hydrogen-bond acceptors (Lipinski definition) is 3. The zero-order valence-corrected chi connectivity index (χ0v) is 16.2. The Bertz CT molecular complexity index is 973. The van der Waals surface area contributed by atoms with E-state index < -0.39 is 5.79 Å². The van der Waals surface area contributed by atoms with Crippen LogP contribution in [0.2, 0.25) is 5.02 Å². The van der Waals surface area contributed by atoms with Crippen molar-refractivity contribution in [1.82, 2.24) is 0 Å².